The highest BCUT2D eigenvalue weighted by atomic mass is 79.9. The number of aromatic nitrogens is 1. The molecule has 0 bridgehead atoms. The number of nitrogens with zero attached hydrogens (tertiary/aromatic N) is 1. The summed E-state index contributed by atoms with van der Waals surface area (Å²) in [5, 5.41) is 0. The van der Waals surface area contributed by atoms with E-state index in [1.807, 2.05) is 0 Å². The summed E-state index contributed by atoms with van der Waals surface area (Å²) in [7, 11) is 0. The van der Waals surface area contributed by atoms with E-state index in [-0.39, 0.29) is 6.54 Å². The van der Waals surface area contributed by atoms with Gasteiger partial charge in [0.2, 0.25) is 0 Å². The molecule has 0 saturated heterocycles. The summed E-state index contributed by atoms with van der Waals surface area (Å²) in [6, 6.07) is 5.14. The second-order valence-corrected chi connectivity index (χ2v) is 4.99. The highest BCUT2D eigenvalue weighted by molar-refractivity contribution is 9.10. The topological polar surface area (TPSA) is 22.0 Å². The molecule has 0 fully saturated rings. The SMILES string of the molecule is O=C(c1ccn(Cc2ccc(F)cc2Br)c1)C(F)(F)F. The molecule has 2 aromatic rings. The zero-order valence-electron chi connectivity index (χ0n) is 9.92. The summed E-state index contributed by atoms with van der Waals surface area (Å²) in [6.45, 7) is 0.228. The van der Waals surface area contributed by atoms with Crippen molar-refractivity contribution in [3.05, 3.63) is 58.1 Å². The van der Waals surface area contributed by atoms with Crippen LogP contribution in [-0.2, 0) is 6.54 Å². The summed E-state index contributed by atoms with van der Waals surface area (Å²) in [5.74, 6) is -2.30. The first-order valence-corrected chi connectivity index (χ1v) is 6.28. The Hall–Kier alpha value is -1.63. The van der Waals surface area contributed by atoms with Crippen molar-refractivity contribution < 1.29 is 22.4 Å². The molecule has 2 nitrogen and oxygen atoms in total. The third-order valence-electron chi connectivity index (χ3n) is 2.64. The molecular formula is C13H8BrF4NO. The Labute approximate surface area is 120 Å². The van der Waals surface area contributed by atoms with Crippen molar-refractivity contribution in [1.82, 2.24) is 4.57 Å². The van der Waals surface area contributed by atoms with Gasteiger partial charge in [-0.2, -0.15) is 13.2 Å². The Kier molecular flexibility index (Phi) is 3.99. The number of ketones is 1. The lowest BCUT2D eigenvalue weighted by Gasteiger charge is -2.06. The second-order valence-electron chi connectivity index (χ2n) is 4.14. The quantitative estimate of drug-likeness (QED) is 0.601. The van der Waals surface area contributed by atoms with Crippen molar-refractivity contribution >= 4 is 21.7 Å². The van der Waals surface area contributed by atoms with Crippen LogP contribution >= 0.6 is 15.9 Å². The van der Waals surface area contributed by atoms with Crippen LogP contribution in [0.3, 0.4) is 0 Å². The first-order chi connectivity index (χ1) is 9.27. The van der Waals surface area contributed by atoms with Crippen molar-refractivity contribution in [2.45, 2.75) is 12.7 Å². The largest absolute Gasteiger partial charge is 0.454 e. The maximum atomic E-state index is 12.9. The first-order valence-electron chi connectivity index (χ1n) is 5.48. The summed E-state index contributed by atoms with van der Waals surface area (Å²) >= 11 is 3.17. The molecule has 1 heterocycles. The summed E-state index contributed by atoms with van der Waals surface area (Å²) < 4.78 is 51.7. The molecule has 1 aromatic carbocycles. The lowest BCUT2D eigenvalue weighted by Crippen LogP contribution is -2.22. The van der Waals surface area contributed by atoms with Crippen LogP contribution in [0.25, 0.3) is 0 Å². The lowest BCUT2D eigenvalue weighted by atomic mass is 10.2. The van der Waals surface area contributed by atoms with Gasteiger partial charge in [-0.25, -0.2) is 4.39 Å². The van der Waals surface area contributed by atoms with E-state index in [1.165, 1.54) is 29.0 Å². The van der Waals surface area contributed by atoms with Crippen LogP contribution in [0.4, 0.5) is 17.6 Å². The van der Waals surface area contributed by atoms with Gasteiger partial charge in [0.05, 0.1) is 0 Å². The molecule has 20 heavy (non-hydrogen) atoms. The number of Topliss-reactive ketones (excluding diaryl/α,β-unsaturated/α-hetero) is 1. The maximum Gasteiger partial charge on any atom is 0.454 e. The number of rotatable bonds is 3. The average Bonchev–Trinajstić information content (AvgIpc) is 2.79. The molecule has 1 aromatic heterocycles. The van der Waals surface area contributed by atoms with Gasteiger partial charge in [-0.3, -0.25) is 4.79 Å². The Morgan fingerprint density at radius 1 is 1.25 bits per heavy atom. The van der Waals surface area contributed by atoms with Gasteiger partial charge in [0, 0.05) is 29.0 Å². The van der Waals surface area contributed by atoms with Crippen LogP contribution < -0.4 is 0 Å². The minimum Gasteiger partial charge on any atom is -0.349 e. The lowest BCUT2D eigenvalue weighted by molar-refractivity contribution is -0.0885. The Bertz CT molecular complexity index is 648. The van der Waals surface area contributed by atoms with Gasteiger partial charge in [-0.05, 0) is 23.8 Å². The van der Waals surface area contributed by atoms with E-state index >= 15 is 0 Å². The Morgan fingerprint density at radius 2 is 1.95 bits per heavy atom. The molecular weight excluding hydrogens is 342 g/mol. The molecule has 0 spiro atoms. The molecule has 0 aliphatic heterocycles. The molecule has 0 saturated carbocycles. The average molecular weight is 350 g/mol. The van der Waals surface area contributed by atoms with Crippen molar-refractivity contribution in [3.8, 4) is 0 Å². The summed E-state index contributed by atoms with van der Waals surface area (Å²) in [4.78, 5) is 11.0. The van der Waals surface area contributed by atoms with Gasteiger partial charge in [0.1, 0.15) is 5.82 Å². The van der Waals surface area contributed by atoms with Crippen LogP contribution in [0.1, 0.15) is 15.9 Å². The van der Waals surface area contributed by atoms with E-state index < -0.39 is 23.3 Å². The van der Waals surface area contributed by atoms with Gasteiger partial charge >= 0.3 is 6.18 Å². The smallest absolute Gasteiger partial charge is 0.349 e. The monoisotopic (exact) mass is 349 g/mol. The van der Waals surface area contributed by atoms with E-state index in [1.54, 1.807) is 0 Å². The minimum atomic E-state index is -4.89. The second kappa shape index (κ2) is 5.40. The van der Waals surface area contributed by atoms with Crippen molar-refractivity contribution in [2.24, 2.45) is 0 Å². The van der Waals surface area contributed by atoms with Crippen molar-refractivity contribution in [1.29, 1.82) is 0 Å². The third kappa shape index (κ3) is 3.27. The zero-order chi connectivity index (χ0) is 14.9. The highest BCUT2D eigenvalue weighted by Gasteiger charge is 2.39. The maximum absolute atomic E-state index is 12.9. The zero-order valence-corrected chi connectivity index (χ0v) is 11.5. The van der Waals surface area contributed by atoms with Crippen LogP contribution in [0.15, 0.2) is 41.1 Å². The predicted molar refractivity (Wildman–Crippen MR) is 68.0 cm³/mol. The van der Waals surface area contributed by atoms with Gasteiger partial charge < -0.3 is 4.57 Å². The highest BCUT2D eigenvalue weighted by Crippen LogP contribution is 2.23. The number of carbonyl (C=O) groups is 1. The molecule has 0 aliphatic rings. The van der Waals surface area contributed by atoms with E-state index in [4.69, 9.17) is 0 Å². The first kappa shape index (κ1) is 14.8. The molecule has 0 radical (unpaired) electrons. The van der Waals surface area contributed by atoms with Gasteiger partial charge in [0.15, 0.2) is 0 Å². The number of alkyl halides is 3. The molecule has 0 amide bonds. The number of benzene rings is 1. The molecule has 0 N–H and O–H groups in total. The van der Waals surface area contributed by atoms with Crippen molar-refractivity contribution in [2.75, 3.05) is 0 Å². The summed E-state index contributed by atoms with van der Waals surface area (Å²) in [6.07, 6.45) is -2.40. The number of halogens is 5. The van der Waals surface area contributed by atoms with Gasteiger partial charge in [-0.15, -0.1) is 0 Å². The van der Waals surface area contributed by atoms with Gasteiger partial charge in [-0.1, -0.05) is 22.0 Å². The predicted octanol–water partition coefficient (Wildman–Crippen LogP) is 4.18. The third-order valence-corrected chi connectivity index (χ3v) is 3.38. The van der Waals surface area contributed by atoms with E-state index in [2.05, 4.69) is 15.9 Å². The number of carbonyl (C=O) groups excluding carboxylic acids is 1. The summed E-state index contributed by atoms with van der Waals surface area (Å²) in [5.41, 5.74) is 0.267. The van der Waals surface area contributed by atoms with E-state index in [9.17, 15) is 22.4 Å². The van der Waals surface area contributed by atoms with E-state index in [0.29, 0.717) is 10.0 Å². The standard InChI is InChI=1S/C13H8BrF4NO/c14-11-5-10(15)2-1-8(11)6-19-4-3-9(7-19)12(20)13(16,17)18/h1-5,7H,6H2. The molecule has 2 rings (SSSR count). The molecule has 0 atom stereocenters. The molecule has 0 unspecified atom stereocenters. The Balaban J connectivity index is 2.20. The van der Waals surface area contributed by atoms with E-state index in [0.717, 1.165) is 12.3 Å². The molecule has 7 heteroatoms. The Morgan fingerprint density at radius 3 is 2.55 bits per heavy atom. The minimum absolute atomic E-state index is 0.228. The normalized spacial score (nSPS) is 11.7. The molecule has 106 valence electrons. The molecule has 0 aliphatic carbocycles. The fourth-order valence-electron chi connectivity index (χ4n) is 1.68. The van der Waals surface area contributed by atoms with Crippen LogP contribution in [0.5, 0.6) is 0 Å². The number of hydrogen-bond donors (Lipinski definition) is 0. The van der Waals surface area contributed by atoms with Crippen LogP contribution in [0, 0.1) is 5.82 Å². The van der Waals surface area contributed by atoms with Gasteiger partial charge in [0.25, 0.3) is 5.78 Å². The van der Waals surface area contributed by atoms with Crippen LogP contribution in [-0.4, -0.2) is 16.5 Å². The van der Waals surface area contributed by atoms with Crippen LogP contribution in [0.2, 0.25) is 0 Å². The number of hydrogen-bond acceptors (Lipinski definition) is 1. The van der Waals surface area contributed by atoms with Crippen molar-refractivity contribution in [3.63, 3.8) is 0 Å². The fraction of sp³-hybridized carbons (Fsp3) is 0.154. The fourth-order valence-corrected chi connectivity index (χ4v) is 2.16.